The molecule has 0 spiro atoms. The van der Waals surface area contributed by atoms with Crippen molar-refractivity contribution >= 4 is 18.4 Å². The molecule has 0 N–H and O–H groups in total. The Morgan fingerprint density at radius 1 is 1.00 bits per heavy atom. The molecule has 3 aliphatic rings. The zero-order valence-electron chi connectivity index (χ0n) is 16.0. The van der Waals surface area contributed by atoms with Crippen LogP contribution in [0.2, 0.25) is 0 Å². The summed E-state index contributed by atoms with van der Waals surface area (Å²) in [6.07, 6.45) is 4.70. The van der Waals surface area contributed by atoms with Gasteiger partial charge in [0.2, 0.25) is 0 Å². The predicted molar refractivity (Wildman–Crippen MR) is 94.9 cm³/mol. The Hall–Kier alpha value is -1.57. The van der Waals surface area contributed by atoms with E-state index in [9.17, 15) is 14.4 Å². The van der Waals surface area contributed by atoms with Crippen molar-refractivity contribution in [3.63, 3.8) is 0 Å². The molecule has 7 heteroatoms. The van der Waals surface area contributed by atoms with Crippen LogP contribution in [0.3, 0.4) is 0 Å². The van der Waals surface area contributed by atoms with Crippen molar-refractivity contribution in [2.24, 2.45) is 23.7 Å². The summed E-state index contributed by atoms with van der Waals surface area (Å²) in [5.41, 5.74) is 0. The van der Waals surface area contributed by atoms with E-state index in [0.717, 1.165) is 25.4 Å². The van der Waals surface area contributed by atoms with E-state index in [4.69, 9.17) is 18.9 Å². The molecule has 0 aromatic carbocycles. The van der Waals surface area contributed by atoms with Gasteiger partial charge in [0, 0.05) is 39.2 Å². The Kier molecular flexibility index (Phi) is 6.44. The number of ether oxygens (including phenoxy) is 4. The standard InChI is InChI=1S/C20H28O7/c1-24-15-5-4-11(6-17(15)25-2)16-8-14(23)19-18(27-16)7-12(9-21)13(10-22)20(19)26-3/h8-13,15,17-20H,4-7H2,1-3H3. The number of hydrogen-bond acceptors (Lipinski definition) is 7. The van der Waals surface area contributed by atoms with Gasteiger partial charge in [0.05, 0.1) is 30.1 Å². The number of rotatable bonds is 6. The highest BCUT2D eigenvalue weighted by Crippen LogP contribution is 2.43. The molecule has 0 aromatic heterocycles. The molecule has 27 heavy (non-hydrogen) atoms. The van der Waals surface area contributed by atoms with E-state index in [0.29, 0.717) is 18.6 Å². The van der Waals surface area contributed by atoms with Gasteiger partial charge in [-0.3, -0.25) is 4.79 Å². The maximum Gasteiger partial charge on any atom is 0.168 e. The second-order valence-electron chi connectivity index (χ2n) is 7.64. The summed E-state index contributed by atoms with van der Waals surface area (Å²) < 4.78 is 22.7. The van der Waals surface area contributed by atoms with E-state index in [2.05, 4.69) is 0 Å². The third-order valence-corrected chi connectivity index (χ3v) is 6.38. The van der Waals surface area contributed by atoms with Gasteiger partial charge in [-0.1, -0.05) is 0 Å². The average Bonchev–Trinajstić information content (AvgIpc) is 2.71. The first kappa shape index (κ1) is 20.2. The van der Waals surface area contributed by atoms with Crippen LogP contribution in [-0.2, 0) is 33.3 Å². The molecule has 8 atom stereocenters. The minimum absolute atomic E-state index is 0.0410. The van der Waals surface area contributed by atoms with Gasteiger partial charge in [-0.05, 0) is 25.7 Å². The normalized spacial score (nSPS) is 41.9. The summed E-state index contributed by atoms with van der Waals surface area (Å²) in [4.78, 5) is 35.9. The Morgan fingerprint density at radius 3 is 2.33 bits per heavy atom. The summed E-state index contributed by atoms with van der Waals surface area (Å²) in [6, 6.07) is 0. The first-order valence-corrected chi connectivity index (χ1v) is 9.48. The van der Waals surface area contributed by atoms with Gasteiger partial charge in [-0.2, -0.15) is 0 Å². The summed E-state index contributed by atoms with van der Waals surface area (Å²) in [6.45, 7) is 0. The third kappa shape index (κ3) is 3.73. The smallest absolute Gasteiger partial charge is 0.168 e. The Morgan fingerprint density at radius 2 is 1.74 bits per heavy atom. The number of methoxy groups -OCH3 is 3. The van der Waals surface area contributed by atoms with Gasteiger partial charge in [0.1, 0.15) is 24.4 Å². The first-order valence-electron chi connectivity index (χ1n) is 9.48. The van der Waals surface area contributed by atoms with E-state index in [1.165, 1.54) is 7.11 Å². The van der Waals surface area contributed by atoms with Crippen molar-refractivity contribution < 1.29 is 33.3 Å². The lowest BCUT2D eigenvalue weighted by Gasteiger charge is -2.45. The van der Waals surface area contributed by atoms with Gasteiger partial charge in [-0.25, -0.2) is 0 Å². The highest BCUT2D eigenvalue weighted by molar-refractivity contribution is 5.94. The van der Waals surface area contributed by atoms with E-state index >= 15 is 0 Å². The number of fused-ring (bicyclic) bond motifs is 1. The van der Waals surface area contributed by atoms with Gasteiger partial charge >= 0.3 is 0 Å². The second-order valence-corrected chi connectivity index (χ2v) is 7.64. The van der Waals surface area contributed by atoms with Gasteiger partial charge in [0.25, 0.3) is 0 Å². The molecule has 0 radical (unpaired) electrons. The van der Waals surface area contributed by atoms with Crippen molar-refractivity contribution in [1.82, 2.24) is 0 Å². The Bertz CT molecular complexity index is 601. The molecule has 2 fully saturated rings. The van der Waals surface area contributed by atoms with Crippen molar-refractivity contribution in [2.45, 2.75) is 50.1 Å². The molecular formula is C20H28O7. The maximum atomic E-state index is 12.9. The second kappa shape index (κ2) is 8.63. The monoisotopic (exact) mass is 380 g/mol. The molecule has 150 valence electrons. The fraction of sp³-hybridized carbons (Fsp3) is 0.750. The minimum Gasteiger partial charge on any atom is -0.493 e. The summed E-state index contributed by atoms with van der Waals surface area (Å²) in [7, 11) is 4.81. The molecular weight excluding hydrogens is 352 g/mol. The predicted octanol–water partition coefficient (Wildman–Crippen LogP) is 1.33. The molecule has 7 nitrogen and oxygen atoms in total. The number of carbonyl (C=O) groups is 3. The van der Waals surface area contributed by atoms with E-state index in [1.54, 1.807) is 20.3 Å². The molecule has 1 aliphatic heterocycles. The van der Waals surface area contributed by atoms with Crippen molar-refractivity contribution in [3.05, 3.63) is 11.8 Å². The number of ketones is 1. The molecule has 0 aromatic rings. The molecule has 0 amide bonds. The van der Waals surface area contributed by atoms with Crippen LogP contribution in [0, 0.1) is 23.7 Å². The zero-order valence-corrected chi connectivity index (χ0v) is 16.0. The van der Waals surface area contributed by atoms with Crippen LogP contribution in [-0.4, -0.2) is 64.1 Å². The van der Waals surface area contributed by atoms with Crippen molar-refractivity contribution in [3.8, 4) is 0 Å². The Balaban J connectivity index is 1.81. The average molecular weight is 380 g/mol. The molecule has 0 bridgehead atoms. The molecule has 1 heterocycles. The van der Waals surface area contributed by atoms with Crippen LogP contribution in [0.5, 0.6) is 0 Å². The van der Waals surface area contributed by atoms with Crippen LogP contribution in [0.4, 0.5) is 0 Å². The van der Waals surface area contributed by atoms with Gasteiger partial charge in [0.15, 0.2) is 5.78 Å². The quantitative estimate of drug-likeness (QED) is 0.643. The van der Waals surface area contributed by atoms with Crippen LogP contribution in [0.1, 0.15) is 25.7 Å². The number of aldehydes is 2. The lowest BCUT2D eigenvalue weighted by atomic mass is 9.68. The van der Waals surface area contributed by atoms with Crippen LogP contribution in [0.25, 0.3) is 0 Å². The van der Waals surface area contributed by atoms with Crippen LogP contribution in [0.15, 0.2) is 11.8 Å². The number of carbonyl (C=O) groups excluding carboxylic acids is 3. The lowest BCUT2D eigenvalue weighted by molar-refractivity contribution is -0.157. The summed E-state index contributed by atoms with van der Waals surface area (Å²) in [5, 5.41) is 0. The molecule has 2 saturated carbocycles. The number of hydrogen-bond donors (Lipinski definition) is 0. The fourth-order valence-corrected chi connectivity index (χ4v) is 4.90. The van der Waals surface area contributed by atoms with E-state index < -0.39 is 30.0 Å². The largest absolute Gasteiger partial charge is 0.493 e. The zero-order chi connectivity index (χ0) is 19.6. The number of allylic oxidation sites excluding steroid dienone is 2. The van der Waals surface area contributed by atoms with Crippen LogP contribution < -0.4 is 0 Å². The summed E-state index contributed by atoms with van der Waals surface area (Å²) in [5.74, 6) is -1.04. The molecule has 3 rings (SSSR count). The van der Waals surface area contributed by atoms with E-state index in [-0.39, 0.29) is 23.9 Å². The molecule has 0 saturated heterocycles. The topological polar surface area (TPSA) is 88.1 Å². The lowest BCUT2D eigenvalue weighted by Crippen LogP contribution is -2.54. The van der Waals surface area contributed by atoms with Crippen LogP contribution >= 0.6 is 0 Å². The van der Waals surface area contributed by atoms with Gasteiger partial charge in [-0.15, -0.1) is 0 Å². The molecule has 8 unspecified atom stereocenters. The SMILES string of the molecule is COC1CCC(C2=CC(=O)C3C(CC(C=O)C(C=O)C3OC)O2)CC1OC. The first-order chi connectivity index (χ1) is 13.1. The minimum atomic E-state index is -0.641. The Labute approximate surface area is 159 Å². The summed E-state index contributed by atoms with van der Waals surface area (Å²) >= 11 is 0. The van der Waals surface area contributed by atoms with Gasteiger partial charge < -0.3 is 28.5 Å². The fourth-order valence-electron chi connectivity index (χ4n) is 4.90. The van der Waals surface area contributed by atoms with Crippen molar-refractivity contribution in [1.29, 1.82) is 0 Å². The third-order valence-electron chi connectivity index (χ3n) is 6.38. The maximum absolute atomic E-state index is 12.9. The highest BCUT2D eigenvalue weighted by atomic mass is 16.5. The molecule has 2 aliphatic carbocycles. The van der Waals surface area contributed by atoms with Crippen molar-refractivity contribution in [2.75, 3.05) is 21.3 Å². The van der Waals surface area contributed by atoms with E-state index in [1.807, 2.05) is 0 Å². The highest BCUT2D eigenvalue weighted by Gasteiger charge is 2.51.